The second-order valence-electron chi connectivity index (χ2n) is 4.38. The monoisotopic (exact) mass is 358 g/mol. The minimum absolute atomic E-state index is 0.0838. The number of nitro benzene ring substituents is 1. The smallest absolute Gasteiger partial charge is 0.375 e. The normalized spacial score (nSPS) is 11.0. The third-order valence-electron chi connectivity index (χ3n) is 2.69. The lowest BCUT2D eigenvalue weighted by molar-refractivity contribution is -0.384. The highest BCUT2D eigenvalue weighted by Gasteiger charge is 2.34. The topological polar surface area (TPSA) is 119 Å². The third-order valence-corrected chi connectivity index (χ3v) is 2.79. The second kappa shape index (κ2) is 6.62. The van der Waals surface area contributed by atoms with Crippen molar-refractivity contribution in [3.8, 4) is 11.3 Å². The molecular formula is C12H9F3N6O2S. The molecule has 0 bridgehead atoms. The van der Waals surface area contributed by atoms with Gasteiger partial charge >= 0.3 is 6.18 Å². The Balaban J connectivity index is 2.45. The van der Waals surface area contributed by atoms with Gasteiger partial charge in [-0.25, -0.2) is 9.97 Å². The second-order valence-corrected chi connectivity index (χ2v) is 4.82. The average Bonchev–Trinajstić information content (AvgIpc) is 2.52. The molecule has 0 radical (unpaired) electrons. The number of anilines is 1. The fourth-order valence-corrected chi connectivity index (χ4v) is 1.72. The predicted molar refractivity (Wildman–Crippen MR) is 82.7 cm³/mol. The van der Waals surface area contributed by atoms with Crippen molar-refractivity contribution >= 4 is 29.0 Å². The number of nitrogens with one attached hydrogen (secondary N) is 2. The lowest BCUT2D eigenvalue weighted by Crippen LogP contribution is -2.35. The van der Waals surface area contributed by atoms with Gasteiger partial charge in [0.1, 0.15) is 0 Å². The highest BCUT2D eigenvalue weighted by molar-refractivity contribution is 7.80. The molecule has 0 spiro atoms. The first-order valence-electron chi connectivity index (χ1n) is 6.19. The number of nitro groups is 1. The molecule has 1 aromatic heterocycles. The number of alkyl halides is 3. The highest BCUT2D eigenvalue weighted by atomic mass is 32.1. The Kier molecular flexibility index (Phi) is 4.78. The van der Waals surface area contributed by atoms with Gasteiger partial charge in [-0.05, 0) is 30.4 Å². The largest absolute Gasteiger partial charge is 0.433 e. The van der Waals surface area contributed by atoms with E-state index >= 15 is 0 Å². The molecule has 2 aromatic rings. The Hall–Kier alpha value is -3.02. The minimum Gasteiger partial charge on any atom is -0.375 e. The van der Waals surface area contributed by atoms with Crippen molar-refractivity contribution in [2.75, 3.05) is 5.43 Å². The summed E-state index contributed by atoms with van der Waals surface area (Å²) in [5.74, 6) is -0.411. The van der Waals surface area contributed by atoms with E-state index in [0.29, 0.717) is 0 Å². The molecule has 12 heteroatoms. The fourth-order valence-electron chi connectivity index (χ4n) is 1.67. The van der Waals surface area contributed by atoms with E-state index < -0.39 is 22.7 Å². The summed E-state index contributed by atoms with van der Waals surface area (Å²) in [5, 5.41) is 10.4. The molecule has 0 aliphatic rings. The van der Waals surface area contributed by atoms with Gasteiger partial charge in [0.25, 0.3) is 5.69 Å². The number of thiocarbonyl (C=S) groups is 1. The maximum atomic E-state index is 13.0. The van der Waals surface area contributed by atoms with Gasteiger partial charge in [0, 0.05) is 17.7 Å². The SMILES string of the molecule is NC(=S)NNc1nc(-c2ccc([N+](=O)[O-])cc2)cc(C(F)(F)F)n1. The molecule has 1 aromatic carbocycles. The number of hydrogen-bond donors (Lipinski definition) is 3. The number of benzene rings is 1. The quantitative estimate of drug-likeness (QED) is 0.432. The van der Waals surface area contributed by atoms with Crippen LogP contribution in [0.5, 0.6) is 0 Å². The molecule has 0 atom stereocenters. The minimum atomic E-state index is -4.71. The van der Waals surface area contributed by atoms with Gasteiger partial charge in [-0.3, -0.25) is 21.0 Å². The number of aromatic nitrogens is 2. The van der Waals surface area contributed by atoms with Crippen molar-refractivity contribution in [1.29, 1.82) is 0 Å². The molecule has 8 nitrogen and oxygen atoms in total. The number of hydrogen-bond acceptors (Lipinski definition) is 6. The van der Waals surface area contributed by atoms with Crippen molar-refractivity contribution in [2.24, 2.45) is 5.73 Å². The molecule has 0 aliphatic heterocycles. The van der Waals surface area contributed by atoms with E-state index in [1.807, 2.05) is 0 Å². The average molecular weight is 358 g/mol. The summed E-state index contributed by atoms with van der Waals surface area (Å²) in [6.07, 6.45) is -4.71. The summed E-state index contributed by atoms with van der Waals surface area (Å²) in [5.41, 5.74) is 8.41. The molecule has 0 amide bonds. The van der Waals surface area contributed by atoms with Gasteiger partial charge in [0.05, 0.1) is 10.6 Å². The van der Waals surface area contributed by atoms with Crippen LogP contribution in [0.3, 0.4) is 0 Å². The van der Waals surface area contributed by atoms with Crippen molar-refractivity contribution in [2.45, 2.75) is 6.18 Å². The van der Waals surface area contributed by atoms with Crippen LogP contribution in [0.25, 0.3) is 11.3 Å². The third kappa shape index (κ3) is 4.25. The van der Waals surface area contributed by atoms with Crippen LogP contribution in [-0.4, -0.2) is 20.0 Å². The van der Waals surface area contributed by atoms with Crippen LogP contribution in [-0.2, 0) is 6.18 Å². The highest BCUT2D eigenvalue weighted by Crippen LogP contribution is 2.31. The van der Waals surface area contributed by atoms with Crippen LogP contribution in [0.4, 0.5) is 24.8 Å². The van der Waals surface area contributed by atoms with Crippen LogP contribution in [0, 0.1) is 10.1 Å². The standard InChI is InChI=1S/C12H9F3N6O2S/c13-12(14,15)9-5-8(17-11(18-9)20-19-10(16)24)6-1-3-7(4-2-6)21(22)23/h1-5H,(H3,16,19,24)(H,17,18,20). The Labute approximate surface area is 138 Å². The van der Waals surface area contributed by atoms with Crippen molar-refractivity contribution < 1.29 is 18.1 Å². The Morgan fingerprint density at radius 2 is 1.88 bits per heavy atom. The van der Waals surface area contributed by atoms with Crippen molar-refractivity contribution in [1.82, 2.24) is 15.4 Å². The van der Waals surface area contributed by atoms with Gasteiger partial charge in [-0.15, -0.1) is 0 Å². The lowest BCUT2D eigenvalue weighted by atomic mass is 10.1. The summed E-state index contributed by atoms with van der Waals surface area (Å²) in [4.78, 5) is 17.2. The van der Waals surface area contributed by atoms with E-state index in [2.05, 4.69) is 33.0 Å². The van der Waals surface area contributed by atoms with E-state index in [0.717, 1.165) is 18.2 Å². The van der Waals surface area contributed by atoms with Crippen LogP contribution < -0.4 is 16.6 Å². The zero-order valence-corrected chi connectivity index (χ0v) is 12.5. The molecule has 1 heterocycles. The summed E-state index contributed by atoms with van der Waals surface area (Å²) < 4.78 is 38.9. The van der Waals surface area contributed by atoms with Crippen LogP contribution in [0.1, 0.15) is 5.69 Å². The Morgan fingerprint density at radius 1 is 1.25 bits per heavy atom. The van der Waals surface area contributed by atoms with Gasteiger partial charge in [0.2, 0.25) is 5.95 Å². The molecule has 2 rings (SSSR count). The maximum Gasteiger partial charge on any atom is 0.433 e. The van der Waals surface area contributed by atoms with Crippen LogP contribution in [0.15, 0.2) is 30.3 Å². The Bertz CT molecular complexity index is 781. The zero-order chi connectivity index (χ0) is 17.9. The molecular weight excluding hydrogens is 349 g/mol. The molecule has 0 saturated carbocycles. The summed E-state index contributed by atoms with van der Waals surface area (Å²) in [6, 6.07) is 5.61. The molecule has 0 fully saturated rings. The van der Waals surface area contributed by atoms with Crippen LogP contribution >= 0.6 is 12.2 Å². The summed E-state index contributed by atoms with van der Waals surface area (Å²) >= 11 is 4.53. The molecule has 24 heavy (non-hydrogen) atoms. The fraction of sp³-hybridized carbons (Fsp3) is 0.0833. The van der Waals surface area contributed by atoms with E-state index in [1.165, 1.54) is 12.1 Å². The van der Waals surface area contributed by atoms with E-state index in [9.17, 15) is 23.3 Å². The number of halogens is 3. The number of non-ortho nitro benzene ring substituents is 1. The van der Waals surface area contributed by atoms with Gasteiger partial charge < -0.3 is 5.73 Å². The van der Waals surface area contributed by atoms with Crippen molar-refractivity contribution in [3.05, 3.63) is 46.1 Å². The molecule has 126 valence electrons. The van der Waals surface area contributed by atoms with Gasteiger partial charge in [-0.1, -0.05) is 0 Å². The number of nitrogens with zero attached hydrogens (tertiary/aromatic N) is 3. The van der Waals surface area contributed by atoms with Crippen molar-refractivity contribution in [3.63, 3.8) is 0 Å². The molecule has 0 aliphatic carbocycles. The number of rotatable bonds is 4. The van der Waals surface area contributed by atoms with Crippen LogP contribution in [0.2, 0.25) is 0 Å². The lowest BCUT2D eigenvalue weighted by Gasteiger charge is -2.12. The van der Waals surface area contributed by atoms with E-state index in [1.54, 1.807) is 0 Å². The first-order valence-corrected chi connectivity index (χ1v) is 6.60. The first kappa shape index (κ1) is 17.3. The summed E-state index contributed by atoms with van der Waals surface area (Å²) in [6.45, 7) is 0. The molecule has 4 N–H and O–H groups in total. The number of nitrogens with two attached hydrogens (primary N) is 1. The maximum absolute atomic E-state index is 13.0. The van der Waals surface area contributed by atoms with Gasteiger partial charge in [0.15, 0.2) is 10.8 Å². The predicted octanol–water partition coefficient (Wildman–Crippen LogP) is 2.23. The first-order chi connectivity index (χ1) is 11.2. The number of hydrazine groups is 1. The molecule has 0 unspecified atom stereocenters. The Morgan fingerprint density at radius 3 is 2.38 bits per heavy atom. The molecule has 0 saturated heterocycles. The summed E-state index contributed by atoms with van der Waals surface area (Å²) in [7, 11) is 0. The zero-order valence-electron chi connectivity index (χ0n) is 11.7. The van der Waals surface area contributed by atoms with Gasteiger partial charge in [-0.2, -0.15) is 13.2 Å². The van der Waals surface area contributed by atoms with E-state index in [-0.39, 0.29) is 22.1 Å². The van der Waals surface area contributed by atoms with E-state index in [4.69, 9.17) is 5.73 Å².